The smallest absolute Gasteiger partial charge is 0.107 e. The average Bonchev–Trinajstić information content (AvgIpc) is 3.12. The van der Waals surface area contributed by atoms with Gasteiger partial charge in [-0.15, -0.1) is 5.92 Å². The molecule has 0 aliphatic heterocycles. The molecule has 0 saturated carbocycles. The van der Waals surface area contributed by atoms with Crippen LogP contribution in [-0.2, 0) is 37.9 Å². The van der Waals surface area contributed by atoms with Crippen LogP contribution in [0.5, 0.6) is 0 Å². The molecule has 0 unspecified atom stereocenters. The highest BCUT2D eigenvalue weighted by Crippen LogP contribution is 2.01. The fraction of sp³-hybridized carbons (Fsp3) is 0.923. The first-order valence-electron chi connectivity index (χ1n) is 23.9. The lowest BCUT2D eigenvalue weighted by Gasteiger charge is -2.08. The van der Waals surface area contributed by atoms with Gasteiger partial charge in [0.15, 0.2) is 0 Å². The Morgan fingerprint density at radius 1 is 0.350 bits per heavy atom. The zero-order valence-electron chi connectivity index (χ0n) is 43.9. The molecule has 0 spiro atoms. The van der Waals surface area contributed by atoms with Crippen molar-refractivity contribution in [2.24, 2.45) is 47.3 Å². The number of hydrogen-bond acceptors (Lipinski definition) is 8. The Kier molecular flexibility index (Phi) is 61.4. The molecule has 0 rings (SSSR count). The molecule has 0 heterocycles. The standard InChI is InChI=1S/C11H22O.C11H20O.3C10H22O2/c2*1-10(2)7-5-6-8-12-9-11(3)4;1-9(2)7-11-5-6-12-8-10(3)4;1-9(2)5-6-11-7-8-12-10(3)4;1-9(2)8-11-6-5-7-12-10(3)4/h5-6,10-11H,7-9H2,1-4H3;10-11H,7-9H2,1-4H3;3*9-10H,5-8H2,1-4H3/b6-5-;;;;. The van der Waals surface area contributed by atoms with E-state index in [-0.39, 0.29) is 0 Å². The minimum absolute atomic E-state index is 0.318. The van der Waals surface area contributed by atoms with Crippen molar-refractivity contribution in [1.29, 1.82) is 0 Å². The van der Waals surface area contributed by atoms with E-state index in [1.807, 2.05) is 13.8 Å². The third-order valence-corrected chi connectivity index (χ3v) is 6.83. The molecule has 0 N–H and O–H groups in total. The quantitative estimate of drug-likeness (QED) is 0.0388. The maximum atomic E-state index is 5.40. The molecule has 0 radical (unpaired) electrons. The largest absolute Gasteiger partial charge is 0.381 e. The molecule has 0 fully saturated rings. The molecule has 60 heavy (non-hydrogen) atoms. The van der Waals surface area contributed by atoms with Crippen molar-refractivity contribution < 1.29 is 37.9 Å². The molecular weight excluding hydrogens is 753 g/mol. The molecule has 0 aliphatic carbocycles. The summed E-state index contributed by atoms with van der Waals surface area (Å²) in [6.45, 7) is 53.9. The Balaban J connectivity index is -0.000000210. The highest BCUT2D eigenvalue weighted by Gasteiger charge is 1.98. The van der Waals surface area contributed by atoms with Crippen LogP contribution < -0.4 is 0 Å². The predicted molar refractivity (Wildman–Crippen MR) is 261 cm³/mol. The molecule has 0 atom stereocenters. The molecule has 0 saturated heterocycles. The van der Waals surface area contributed by atoms with Crippen LogP contribution in [0.3, 0.4) is 0 Å². The van der Waals surface area contributed by atoms with Crippen molar-refractivity contribution in [2.75, 3.05) is 92.5 Å². The molecule has 0 amide bonds. The molecule has 8 heteroatoms. The summed E-state index contributed by atoms with van der Waals surface area (Å²) in [7, 11) is 0. The fourth-order valence-electron chi connectivity index (χ4n) is 3.80. The van der Waals surface area contributed by atoms with Crippen LogP contribution in [0.25, 0.3) is 0 Å². The van der Waals surface area contributed by atoms with Gasteiger partial charge >= 0.3 is 0 Å². The van der Waals surface area contributed by atoms with Crippen molar-refractivity contribution >= 4 is 0 Å². The lowest BCUT2D eigenvalue weighted by molar-refractivity contribution is 0.0171. The average molecular weight is 861 g/mol. The van der Waals surface area contributed by atoms with Gasteiger partial charge in [-0.2, -0.15) is 0 Å². The monoisotopic (exact) mass is 861 g/mol. The van der Waals surface area contributed by atoms with Gasteiger partial charge in [-0.1, -0.05) is 129 Å². The summed E-state index contributed by atoms with van der Waals surface area (Å²) in [5.41, 5.74) is 0. The second-order valence-electron chi connectivity index (χ2n) is 19.3. The molecule has 0 aromatic rings. The van der Waals surface area contributed by atoms with Crippen molar-refractivity contribution in [3.63, 3.8) is 0 Å². The van der Waals surface area contributed by atoms with Gasteiger partial charge in [-0.05, 0) is 94.3 Å². The van der Waals surface area contributed by atoms with Crippen molar-refractivity contribution in [3.8, 4) is 11.8 Å². The van der Waals surface area contributed by atoms with E-state index in [9.17, 15) is 0 Å². The Bertz CT molecular complexity index is 761. The van der Waals surface area contributed by atoms with E-state index >= 15 is 0 Å². The zero-order chi connectivity index (χ0) is 47.0. The minimum Gasteiger partial charge on any atom is -0.381 e. The minimum atomic E-state index is 0.318. The van der Waals surface area contributed by atoms with Gasteiger partial charge < -0.3 is 37.9 Å². The summed E-state index contributed by atoms with van der Waals surface area (Å²) in [6.07, 6.45) is 9.25. The first-order valence-corrected chi connectivity index (χ1v) is 23.9. The fourth-order valence-corrected chi connectivity index (χ4v) is 3.80. The van der Waals surface area contributed by atoms with E-state index in [4.69, 9.17) is 37.9 Å². The Hall–Kier alpha value is -1.02. The van der Waals surface area contributed by atoms with Crippen LogP contribution in [0.1, 0.15) is 164 Å². The second-order valence-corrected chi connectivity index (χ2v) is 19.3. The Morgan fingerprint density at radius 3 is 1.22 bits per heavy atom. The summed E-state index contributed by atoms with van der Waals surface area (Å²) in [5.74, 6) is 11.4. The molecule has 0 aromatic carbocycles. The van der Waals surface area contributed by atoms with Gasteiger partial charge in [0.1, 0.15) is 6.61 Å². The van der Waals surface area contributed by atoms with E-state index < -0.39 is 0 Å². The first kappa shape index (κ1) is 68.0. The number of hydrogen-bond donors (Lipinski definition) is 0. The van der Waals surface area contributed by atoms with Crippen LogP contribution >= 0.6 is 0 Å². The number of ether oxygens (including phenoxy) is 8. The lowest BCUT2D eigenvalue weighted by Crippen LogP contribution is -2.10. The highest BCUT2D eigenvalue weighted by atomic mass is 16.5. The van der Waals surface area contributed by atoms with Crippen molar-refractivity contribution in [2.45, 2.75) is 176 Å². The summed E-state index contributed by atoms with van der Waals surface area (Å²) in [5, 5.41) is 0. The topological polar surface area (TPSA) is 73.8 Å². The van der Waals surface area contributed by atoms with Gasteiger partial charge in [-0.3, -0.25) is 0 Å². The van der Waals surface area contributed by atoms with Gasteiger partial charge in [0.2, 0.25) is 0 Å². The Labute approximate surface area is 377 Å². The van der Waals surface area contributed by atoms with E-state index in [0.29, 0.717) is 54.3 Å². The SMILES string of the molecule is CC(C)C/C=C\COCC(C)C.CC(C)CC#CCOCC(C)C.CC(C)CCOCCOC(C)C.CC(C)COCCCOC(C)C.CC(C)COCCOCC(C)C. The van der Waals surface area contributed by atoms with E-state index in [1.54, 1.807) is 0 Å². The first-order chi connectivity index (χ1) is 28.1. The number of rotatable bonds is 31. The van der Waals surface area contributed by atoms with Gasteiger partial charge in [0.25, 0.3) is 0 Å². The summed E-state index contributed by atoms with van der Waals surface area (Å²) in [6, 6.07) is 0. The van der Waals surface area contributed by atoms with E-state index in [1.165, 1.54) is 0 Å². The highest BCUT2D eigenvalue weighted by molar-refractivity contribution is 4.99. The third kappa shape index (κ3) is 92.3. The van der Waals surface area contributed by atoms with Gasteiger partial charge in [0.05, 0.1) is 51.8 Å². The van der Waals surface area contributed by atoms with Crippen LogP contribution in [0.2, 0.25) is 0 Å². The molecule has 364 valence electrons. The van der Waals surface area contributed by atoms with Gasteiger partial charge in [-0.25, -0.2) is 0 Å². The summed E-state index contributed by atoms with van der Waals surface area (Å²) in [4.78, 5) is 0. The molecule has 8 nitrogen and oxygen atoms in total. The van der Waals surface area contributed by atoms with Crippen LogP contribution in [0, 0.1) is 59.2 Å². The maximum absolute atomic E-state index is 5.40. The van der Waals surface area contributed by atoms with Crippen LogP contribution in [0.4, 0.5) is 0 Å². The van der Waals surface area contributed by atoms with Crippen molar-refractivity contribution in [1.82, 2.24) is 0 Å². The molecular formula is C52H108O8. The Morgan fingerprint density at radius 2 is 0.783 bits per heavy atom. The van der Waals surface area contributed by atoms with E-state index in [0.717, 1.165) is 123 Å². The zero-order valence-corrected chi connectivity index (χ0v) is 43.9. The van der Waals surface area contributed by atoms with E-state index in [2.05, 4.69) is 149 Å². The van der Waals surface area contributed by atoms with Crippen LogP contribution in [0.15, 0.2) is 12.2 Å². The molecule has 0 bridgehead atoms. The maximum Gasteiger partial charge on any atom is 0.107 e. The van der Waals surface area contributed by atoms with Gasteiger partial charge in [0, 0.05) is 52.7 Å². The second kappa shape index (κ2) is 54.1. The third-order valence-electron chi connectivity index (χ3n) is 6.83. The summed E-state index contributed by atoms with van der Waals surface area (Å²) >= 11 is 0. The van der Waals surface area contributed by atoms with Crippen molar-refractivity contribution in [3.05, 3.63) is 12.2 Å². The number of allylic oxidation sites excluding steroid dienone is 1. The summed E-state index contributed by atoms with van der Waals surface area (Å²) < 4.78 is 42.9. The predicted octanol–water partition coefficient (Wildman–Crippen LogP) is 13.2. The normalized spacial score (nSPS) is 11.4. The lowest BCUT2D eigenvalue weighted by atomic mass is 10.1. The molecule has 0 aliphatic rings. The molecule has 0 aromatic heterocycles. The van der Waals surface area contributed by atoms with Crippen LogP contribution in [-0.4, -0.2) is 105 Å².